The van der Waals surface area contributed by atoms with Crippen LogP contribution in [0.3, 0.4) is 0 Å². The van der Waals surface area contributed by atoms with E-state index in [4.69, 9.17) is 0 Å². The monoisotopic (exact) mass is 281 g/mol. The number of rotatable bonds is 4. The Kier molecular flexibility index (Phi) is 3.38. The minimum Gasteiger partial charge on any atom is -0.258 e. The zero-order chi connectivity index (χ0) is 14.7. The van der Waals surface area contributed by atoms with Crippen molar-refractivity contribution in [3.63, 3.8) is 0 Å². The third-order valence-corrected chi connectivity index (χ3v) is 3.04. The topological polar surface area (TPSA) is 86.7 Å². The van der Waals surface area contributed by atoms with Crippen molar-refractivity contribution >= 4 is 5.69 Å². The standard InChI is InChI=1S/C14H11N5O2/c20-19(21)13-8-6-12(7-9-13)14-15-16-17-18(14)10-11-4-2-1-3-5-11/h1-9H,10H2. The molecule has 0 fully saturated rings. The van der Waals surface area contributed by atoms with Crippen LogP contribution in [0.4, 0.5) is 5.69 Å². The third kappa shape index (κ3) is 2.76. The van der Waals surface area contributed by atoms with E-state index < -0.39 is 4.92 Å². The summed E-state index contributed by atoms with van der Waals surface area (Å²) >= 11 is 0. The van der Waals surface area contributed by atoms with E-state index in [1.165, 1.54) is 12.1 Å². The number of nitro groups is 1. The molecule has 0 spiro atoms. The Labute approximate surface area is 120 Å². The van der Waals surface area contributed by atoms with Crippen LogP contribution in [-0.4, -0.2) is 25.1 Å². The molecule has 0 atom stereocenters. The molecule has 7 heteroatoms. The molecule has 0 N–H and O–H groups in total. The fourth-order valence-electron chi connectivity index (χ4n) is 2.01. The Morgan fingerprint density at radius 1 is 1.05 bits per heavy atom. The highest BCUT2D eigenvalue weighted by Gasteiger charge is 2.11. The Balaban J connectivity index is 1.90. The molecule has 0 aliphatic carbocycles. The fourth-order valence-corrected chi connectivity index (χ4v) is 2.01. The number of hydrogen-bond donors (Lipinski definition) is 0. The second-order valence-electron chi connectivity index (χ2n) is 4.45. The Morgan fingerprint density at radius 2 is 1.76 bits per heavy atom. The number of benzene rings is 2. The lowest BCUT2D eigenvalue weighted by molar-refractivity contribution is -0.384. The van der Waals surface area contributed by atoms with E-state index in [0.29, 0.717) is 12.4 Å². The van der Waals surface area contributed by atoms with Gasteiger partial charge in [0, 0.05) is 17.7 Å². The van der Waals surface area contributed by atoms with Crippen LogP contribution in [0.2, 0.25) is 0 Å². The predicted octanol–water partition coefficient (Wildman–Crippen LogP) is 2.30. The van der Waals surface area contributed by atoms with Crippen LogP contribution in [0, 0.1) is 10.1 Å². The van der Waals surface area contributed by atoms with Gasteiger partial charge in [-0.2, -0.15) is 0 Å². The average molecular weight is 281 g/mol. The Bertz CT molecular complexity index is 753. The number of tetrazole rings is 1. The second-order valence-corrected chi connectivity index (χ2v) is 4.45. The molecule has 0 saturated heterocycles. The molecule has 0 aliphatic heterocycles. The molecular formula is C14H11N5O2. The highest BCUT2D eigenvalue weighted by atomic mass is 16.6. The molecule has 0 amide bonds. The van der Waals surface area contributed by atoms with E-state index in [9.17, 15) is 10.1 Å². The second kappa shape index (κ2) is 5.49. The third-order valence-electron chi connectivity index (χ3n) is 3.04. The van der Waals surface area contributed by atoms with Crippen LogP contribution < -0.4 is 0 Å². The molecule has 3 rings (SSSR count). The van der Waals surface area contributed by atoms with E-state index in [0.717, 1.165) is 11.1 Å². The Morgan fingerprint density at radius 3 is 2.43 bits per heavy atom. The molecule has 3 aromatic rings. The van der Waals surface area contributed by atoms with Crippen LogP contribution in [0.25, 0.3) is 11.4 Å². The summed E-state index contributed by atoms with van der Waals surface area (Å²) in [5.74, 6) is 0.578. The summed E-state index contributed by atoms with van der Waals surface area (Å²) in [6.07, 6.45) is 0. The highest BCUT2D eigenvalue weighted by Crippen LogP contribution is 2.20. The summed E-state index contributed by atoms with van der Waals surface area (Å²) in [4.78, 5) is 10.2. The van der Waals surface area contributed by atoms with Crippen molar-refractivity contribution < 1.29 is 4.92 Å². The van der Waals surface area contributed by atoms with E-state index in [-0.39, 0.29) is 5.69 Å². The Hall–Kier alpha value is -3.09. The van der Waals surface area contributed by atoms with Gasteiger partial charge in [-0.3, -0.25) is 10.1 Å². The maximum absolute atomic E-state index is 10.7. The van der Waals surface area contributed by atoms with Crippen molar-refractivity contribution in [3.05, 3.63) is 70.3 Å². The van der Waals surface area contributed by atoms with Gasteiger partial charge < -0.3 is 0 Å². The van der Waals surface area contributed by atoms with E-state index in [1.807, 2.05) is 30.3 Å². The molecule has 0 bridgehead atoms. The molecular weight excluding hydrogens is 270 g/mol. The van der Waals surface area contributed by atoms with Crippen LogP contribution in [0.5, 0.6) is 0 Å². The van der Waals surface area contributed by atoms with Gasteiger partial charge in [0.1, 0.15) is 0 Å². The first kappa shape index (κ1) is 12.9. The maximum atomic E-state index is 10.7. The zero-order valence-electron chi connectivity index (χ0n) is 11.0. The first-order valence-electron chi connectivity index (χ1n) is 6.29. The van der Waals surface area contributed by atoms with Gasteiger partial charge in [-0.05, 0) is 28.1 Å². The molecule has 1 aromatic heterocycles. The summed E-state index contributed by atoms with van der Waals surface area (Å²) in [7, 11) is 0. The molecule has 0 radical (unpaired) electrons. The fraction of sp³-hybridized carbons (Fsp3) is 0.0714. The zero-order valence-corrected chi connectivity index (χ0v) is 11.0. The smallest absolute Gasteiger partial charge is 0.258 e. The highest BCUT2D eigenvalue weighted by molar-refractivity contribution is 5.57. The quantitative estimate of drug-likeness (QED) is 0.541. The summed E-state index contributed by atoms with van der Waals surface area (Å²) in [6, 6.07) is 16.0. The van der Waals surface area contributed by atoms with Crippen molar-refractivity contribution in [2.24, 2.45) is 0 Å². The normalized spacial score (nSPS) is 10.5. The van der Waals surface area contributed by atoms with Gasteiger partial charge >= 0.3 is 0 Å². The van der Waals surface area contributed by atoms with Gasteiger partial charge in [-0.1, -0.05) is 30.3 Å². The number of nitro benzene ring substituents is 1. The van der Waals surface area contributed by atoms with Crippen LogP contribution in [0.1, 0.15) is 5.56 Å². The van der Waals surface area contributed by atoms with Gasteiger partial charge in [-0.15, -0.1) is 5.10 Å². The lowest BCUT2D eigenvalue weighted by atomic mass is 10.2. The van der Waals surface area contributed by atoms with Crippen molar-refractivity contribution in [1.29, 1.82) is 0 Å². The van der Waals surface area contributed by atoms with Gasteiger partial charge in [0.25, 0.3) is 5.69 Å². The lowest BCUT2D eigenvalue weighted by Gasteiger charge is -2.04. The van der Waals surface area contributed by atoms with Crippen LogP contribution in [0.15, 0.2) is 54.6 Å². The minimum absolute atomic E-state index is 0.0424. The van der Waals surface area contributed by atoms with E-state index in [1.54, 1.807) is 16.8 Å². The molecule has 2 aromatic carbocycles. The lowest BCUT2D eigenvalue weighted by Crippen LogP contribution is -2.04. The number of aromatic nitrogens is 4. The molecule has 21 heavy (non-hydrogen) atoms. The minimum atomic E-state index is -0.434. The number of non-ortho nitro benzene ring substituents is 1. The maximum Gasteiger partial charge on any atom is 0.269 e. The molecule has 104 valence electrons. The van der Waals surface area contributed by atoms with Crippen molar-refractivity contribution in [2.45, 2.75) is 6.54 Å². The van der Waals surface area contributed by atoms with E-state index in [2.05, 4.69) is 15.5 Å². The molecule has 0 saturated carbocycles. The summed E-state index contributed by atoms with van der Waals surface area (Å²) in [5.41, 5.74) is 1.86. The van der Waals surface area contributed by atoms with Crippen molar-refractivity contribution in [2.75, 3.05) is 0 Å². The summed E-state index contributed by atoms with van der Waals surface area (Å²) in [6.45, 7) is 0.542. The van der Waals surface area contributed by atoms with E-state index >= 15 is 0 Å². The van der Waals surface area contributed by atoms with Gasteiger partial charge in [-0.25, -0.2) is 4.68 Å². The van der Waals surface area contributed by atoms with Crippen LogP contribution >= 0.6 is 0 Å². The molecule has 0 unspecified atom stereocenters. The van der Waals surface area contributed by atoms with Gasteiger partial charge in [0.05, 0.1) is 11.5 Å². The van der Waals surface area contributed by atoms with Crippen molar-refractivity contribution in [3.8, 4) is 11.4 Å². The largest absolute Gasteiger partial charge is 0.269 e. The number of hydrogen-bond acceptors (Lipinski definition) is 5. The molecule has 1 heterocycles. The van der Waals surface area contributed by atoms with Gasteiger partial charge in [0.15, 0.2) is 5.82 Å². The van der Waals surface area contributed by atoms with Gasteiger partial charge in [0.2, 0.25) is 0 Å². The summed E-state index contributed by atoms with van der Waals surface area (Å²) in [5, 5.41) is 22.3. The first-order chi connectivity index (χ1) is 10.2. The average Bonchev–Trinajstić information content (AvgIpc) is 2.96. The predicted molar refractivity (Wildman–Crippen MR) is 75.5 cm³/mol. The first-order valence-corrected chi connectivity index (χ1v) is 6.29. The number of nitrogens with zero attached hydrogens (tertiary/aromatic N) is 5. The SMILES string of the molecule is O=[N+]([O-])c1ccc(-c2nnnn2Cc2ccccc2)cc1. The molecule has 0 aliphatic rings. The summed E-state index contributed by atoms with van der Waals surface area (Å²) < 4.78 is 1.66. The van der Waals surface area contributed by atoms with Crippen molar-refractivity contribution in [1.82, 2.24) is 20.2 Å². The van der Waals surface area contributed by atoms with Crippen LogP contribution in [-0.2, 0) is 6.54 Å². The molecule has 7 nitrogen and oxygen atoms in total.